The number of imidazole rings is 2. The summed E-state index contributed by atoms with van der Waals surface area (Å²) in [6, 6.07) is 21.6. The van der Waals surface area contributed by atoms with E-state index in [1.54, 1.807) is 7.11 Å². The van der Waals surface area contributed by atoms with E-state index in [0.717, 1.165) is 45.0 Å². The molecule has 0 fully saturated rings. The molecule has 3 aromatic carbocycles. The predicted molar refractivity (Wildman–Crippen MR) is 144 cm³/mol. The first-order valence-electron chi connectivity index (χ1n) is 11.6. The molecule has 0 unspecified atom stereocenters. The summed E-state index contributed by atoms with van der Waals surface area (Å²) < 4.78 is 16.2. The second-order valence-electron chi connectivity index (χ2n) is 9.18. The number of hydrogen-bond acceptors (Lipinski definition) is 2. The first kappa shape index (κ1) is 20.9. The zero-order valence-electron chi connectivity index (χ0n) is 20.1. The van der Waals surface area contributed by atoms with Crippen molar-refractivity contribution in [1.29, 1.82) is 0 Å². The molecule has 7 heteroatoms. The van der Waals surface area contributed by atoms with Crippen LogP contribution in [-0.2, 0) is 14.1 Å². The number of para-hydroxylation sites is 2. The van der Waals surface area contributed by atoms with Crippen LogP contribution in [0.25, 0.3) is 55.5 Å². The average Bonchev–Trinajstić information content (AvgIpc) is 3.48. The van der Waals surface area contributed by atoms with Crippen LogP contribution in [0.15, 0.2) is 66.9 Å². The third kappa shape index (κ3) is 2.67. The SMILES string of the molecule is COc1ccc2c(c1C)n(-c1cc3c(c[n+]1C)c1ccccc1n3C)c1nc3[c]([BiH2])cccc3n21. The van der Waals surface area contributed by atoms with Crippen molar-refractivity contribution in [1.82, 2.24) is 18.5 Å². The van der Waals surface area contributed by atoms with E-state index in [1.807, 2.05) is 0 Å². The van der Waals surface area contributed by atoms with Gasteiger partial charge in [0.05, 0.1) is 0 Å². The van der Waals surface area contributed by atoms with Crippen molar-refractivity contribution < 1.29 is 9.30 Å². The molecule has 172 valence electrons. The standard InChI is InChI=1S/C28H23N5O.Bi.2H/c1-17-25(34-4)14-13-23-27(17)33(28-29-20-10-6-8-12-22(20)32(23)28)26-15-24-19(16-30(26)2)18-9-5-7-11-21(18)31(24)3;;;/h5-9,11-16H,1-4H3;;;/q+1;;;. The summed E-state index contributed by atoms with van der Waals surface area (Å²) in [6.45, 7) is 2.13. The molecule has 7 aromatic rings. The number of fused-ring (bicyclic) bond motifs is 8. The van der Waals surface area contributed by atoms with E-state index in [4.69, 9.17) is 9.72 Å². The van der Waals surface area contributed by atoms with Gasteiger partial charge in [-0.15, -0.1) is 0 Å². The molecule has 0 saturated heterocycles. The van der Waals surface area contributed by atoms with Crippen LogP contribution in [-0.4, -0.2) is 50.3 Å². The van der Waals surface area contributed by atoms with Gasteiger partial charge in [0.25, 0.3) is 0 Å². The number of methoxy groups -OCH3 is 1. The van der Waals surface area contributed by atoms with Gasteiger partial charge in [-0.25, -0.2) is 0 Å². The van der Waals surface area contributed by atoms with Crippen molar-refractivity contribution in [3.05, 3.63) is 72.4 Å². The van der Waals surface area contributed by atoms with Gasteiger partial charge in [0.15, 0.2) is 0 Å². The molecule has 0 N–H and O–H groups in total. The number of benzene rings is 3. The molecule has 6 nitrogen and oxygen atoms in total. The van der Waals surface area contributed by atoms with Crippen molar-refractivity contribution >= 4 is 77.6 Å². The summed E-state index contributed by atoms with van der Waals surface area (Å²) in [7, 11) is 6.00. The van der Waals surface area contributed by atoms with Gasteiger partial charge in [-0.3, -0.25) is 0 Å². The number of pyridine rings is 1. The van der Waals surface area contributed by atoms with Gasteiger partial charge in [-0.05, 0) is 0 Å². The molecule has 0 amide bonds. The van der Waals surface area contributed by atoms with Crippen molar-refractivity contribution in [3.63, 3.8) is 0 Å². The zero-order valence-corrected chi connectivity index (χ0v) is 24.6. The molecule has 7 rings (SSSR count). The monoisotopic (exact) mass is 656 g/mol. The third-order valence-corrected chi connectivity index (χ3v) is 9.13. The van der Waals surface area contributed by atoms with Crippen LogP contribution >= 0.6 is 0 Å². The van der Waals surface area contributed by atoms with E-state index < -0.39 is 0 Å². The average molecular weight is 657 g/mol. The zero-order chi connectivity index (χ0) is 24.0. The maximum absolute atomic E-state index is 5.74. The first-order valence-corrected chi connectivity index (χ1v) is 13.9. The van der Waals surface area contributed by atoms with Crippen LogP contribution in [0.1, 0.15) is 5.56 Å². The topological polar surface area (TPSA) is 40.3 Å². The van der Waals surface area contributed by atoms with Crippen molar-refractivity contribution in [2.24, 2.45) is 14.1 Å². The molecular weight excluding hydrogens is 631 g/mol. The third-order valence-electron chi connectivity index (χ3n) is 7.31. The van der Waals surface area contributed by atoms with Crippen molar-refractivity contribution in [2.75, 3.05) is 7.11 Å². The minimum atomic E-state index is 0.716. The van der Waals surface area contributed by atoms with E-state index in [-0.39, 0.29) is 0 Å². The van der Waals surface area contributed by atoms with Crippen LogP contribution in [0, 0.1) is 6.92 Å². The Morgan fingerprint density at radius 1 is 0.914 bits per heavy atom. The van der Waals surface area contributed by atoms with Gasteiger partial charge in [0.1, 0.15) is 0 Å². The molecular formula is C28H25BiN5O+. The van der Waals surface area contributed by atoms with E-state index in [1.165, 1.54) is 25.1 Å². The summed E-state index contributed by atoms with van der Waals surface area (Å²) >= 11 is 0.716. The van der Waals surface area contributed by atoms with Crippen LogP contribution in [0.5, 0.6) is 5.75 Å². The van der Waals surface area contributed by atoms with E-state index in [9.17, 15) is 0 Å². The Balaban J connectivity index is 1.70. The molecule has 0 bridgehead atoms. The molecule has 0 saturated carbocycles. The van der Waals surface area contributed by atoms with Gasteiger partial charge in [0, 0.05) is 0 Å². The number of aromatic nitrogens is 5. The van der Waals surface area contributed by atoms with E-state index >= 15 is 0 Å². The predicted octanol–water partition coefficient (Wildman–Crippen LogP) is 3.48. The number of aryl methyl sites for hydroxylation is 3. The Morgan fingerprint density at radius 2 is 1.71 bits per heavy atom. The summed E-state index contributed by atoms with van der Waals surface area (Å²) in [5, 5.41) is 2.51. The Bertz CT molecular complexity index is 1990. The fraction of sp³-hybridized carbons (Fsp3) is 0.143. The summed E-state index contributed by atoms with van der Waals surface area (Å²) in [4.78, 5) is 5.22. The Morgan fingerprint density at radius 3 is 2.54 bits per heavy atom. The van der Waals surface area contributed by atoms with Crippen LogP contribution < -0.4 is 12.6 Å². The van der Waals surface area contributed by atoms with Gasteiger partial charge in [-0.2, -0.15) is 0 Å². The quantitative estimate of drug-likeness (QED) is 0.212. The molecule has 0 spiro atoms. The van der Waals surface area contributed by atoms with Crippen LogP contribution in [0.2, 0.25) is 0 Å². The molecule has 4 aromatic heterocycles. The Hall–Kier alpha value is -3.44. The number of hydrogen-bond donors (Lipinski definition) is 0. The molecule has 0 aliphatic heterocycles. The molecule has 0 radical (unpaired) electrons. The Kier molecular flexibility index (Phi) is 4.35. The number of rotatable bonds is 2. The molecule has 0 atom stereocenters. The van der Waals surface area contributed by atoms with Gasteiger partial charge < -0.3 is 0 Å². The van der Waals surface area contributed by atoms with Gasteiger partial charge in [-0.1, -0.05) is 0 Å². The maximum atomic E-state index is 5.74. The summed E-state index contributed by atoms with van der Waals surface area (Å²) in [5.41, 5.74) is 8.03. The fourth-order valence-electron chi connectivity index (χ4n) is 5.62. The van der Waals surface area contributed by atoms with Crippen LogP contribution in [0.4, 0.5) is 0 Å². The summed E-state index contributed by atoms with van der Waals surface area (Å²) in [6.07, 6.45) is 2.24. The second kappa shape index (κ2) is 7.28. The Labute approximate surface area is 216 Å². The van der Waals surface area contributed by atoms with Crippen LogP contribution in [0.3, 0.4) is 0 Å². The molecule has 0 aliphatic rings. The first-order chi connectivity index (χ1) is 17.0. The molecule has 4 heterocycles. The minimum absolute atomic E-state index is 0.716. The van der Waals surface area contributed by atoms with Crippen molar-refractivity contribution in [3.8, 4) is 11.6 Å². The van der Waals surface area contributed by atoms with Gasteiger partial charge in [0.2, 0.25) is 0 Å². The number of ether oxygens (including phenoxy) is 1. The number of nitrogens with zero attached hydrogens (tertiary/aromatic N) is 5. The van der Waals surface area contributed by atoms with Gasteiger partial charge >= 0.3 is 218 Å². The second-order valence-corrected chi connectivity index (χ2v) is 11.6. The summed E-state index contributed by atoms with van der Waals surface area (Å²) in [5.74, 6) is 2.86. The fourth-order valence-corrected chi connectivity index (χ4v) is 6.88. The van der Waals surface area contributed by atoms with Crippen molar-refractivity contribution in [2.45, 2.75) is 6.92 Å². The van der Waals surface area contributed by atoms with E-state index in [0.29, 0.717) is 24.7 Å². The van der Waals surface area contributed by atoms with E-state index in [2.05, 4.69) is 106 Å². The molecule has 0 aliphatic carbocycles. The molecule has 35 heavy (non-hydrogen) atoms. The normalized spacial score (nSPS) is 12.1.